The second-order valence-corrected chi connectivity index (χ2v) is 6.30. The average Bonchev–Trinajstić information content (AvgIpc) is 2.10. The third-order valence-electron chi connectivity index (χ3n) is 2.42. The van der Waals surface area contributed by atoms with Crippen LogP contribution in [0.15, 0.2) is 0 Å². The molecule has 0 aromatic carbocycles. The van der Waals surface area contributed by atoms with E-state index in [1.807, 2.05) is 0 Å². The minimum Gasteiger partial charge on any atom is -0.480 e. The molecule has 1 fully saturated rings. The molecule has 0 unspecified atom stereocenters. The van der Waals surface area contributed by atoms with E-state index < -0.39 is 28.2 Å². The van der Waals surface area contributed by atoms with E-state index >= 15 is 0 Å². The number of aliphatic carboxylic acids is 1. The summed E-state index contributed by atoms with van der Waals surface area (Å²) in [5.41, 5.74) is -0.654. The van der Waals surface area contributed by atoms with Gasteiger partial charge in [-0.05, 0) is 13.3 Å². The molecule has 1 N–H and O–H groups in total. The Morgan fingerprint density at radius 1 is 1.50 bits per heavy atom. The summed E-state index contributed by atoms with van der Waals surface area (Å²) in [6, 6.07) is 0. The quantitative estimate of drug-likeness (QED) is 0.712. The Morgan fingerprint density at radius 2 is 2.06 bits per heavy atom. The molecule has 0 saturated carbocycles. The molecule has 7 heteroatoms. The summed E-state index contributed by atoms with van der Waals surface area (Å²) in [7, 11) is -3.18. The summed E-state index contributed by atoms with van der Waals surface area (Å²) in [5.74, 6) is -0.918. The Kier molecular flexibility index (Phi) is 3.92. The highest BCUT2D eigenvalue weighted by molar-refractivity contribution is 7.89. The highest BCUT2D eigenvalue weighted by Gasteiger charge is 2.45. The molecule has 1 rings (SSSR count). The van der Waals surface area contributed by atoms with E-state index in [4.69, 9.17) is 9.84 Å². The van der Waals surface area contributed by atoms with Crippen LogP contribution in [0, 0.1) is 0 Å². The van der Waals surface area contributed by atoms with Crippen molar-refractivity contribution in [2.75, 3.05) is 25.4 Å². The van der Waals surface area contributed by atoms with Gasteiger partial charge >= 0.3 is 5.97 Å². The SMILES string of the molecule is CCCS(=O)(=O)N1CC(C)(OCC(=O)O)C1. The van der Waals surface area contributed by atoms with Gasteiger partial charge < -0.3 is 9.84 Å². The molecule has 1 heterocycles. The maximum atomic E-state index is 11.6. The summed E-state index contributed by atoms with van der Waals surface area (Å²) < 4.78 is 29.6. The minimum absolute atomic E-state index is 0.127. The second-order valence-electron chi connectivity index (χ2n) is 4.22. The summed E-state index contributed by atoms with van der Waals surface area (Å²) in [4.78, 5) is 10.3. The van der Waals surface area contributed by atoms with E-state index in [1.165, 1.54) is 4.31 Å². The molecule has 0 aromatic heterocycles. The number of carbonyl (C=O) groups is 1. The van der Waals surface area contributed by atoms with Crippen molar-refractivity contribution in [3.8, 4) is 0 Å². The van der Waals surface area contributed by atoms with E-state index in [0.717, 1.165) is 0 Å². The van der Waals surface area contributed by atoms with Gasteiger partial charge in [0.25, 0.3) is 0 Å². The van der Waals surface area contributed by atoms with Gasteiger partial charge in [0.15, 0.2) is 0 Å². The number of carboxylic acids is 1. The maximum Gasteiger partial charge on any atom is 0.329 e. The fourth-order valence-corrected chi connectivity index (χ4v) is 3.32. The zero-order valence-electron chi connectivity index (χ0n) is 9.47. The zero-order chi connectivity index (χ0) is 12.4. The normalized spacial score (nSPS) is 20.4. The van der Waals surface area contributed by atoms with E-state index in [-0.39, 0.29) is 18.8 Å². The number of nitrogens with zero attached hydrogens (tertiary/aromatic N) is 1. The van der Waals surface area contributed by atoms with Crippen molar-refractivity contribution in [3.63, 3.8) is 0 Å². The summed E-state index contributed by atoms with van der Waals surface area (Å²) in [6.45, 7) is 3.61. The molecule has 0 radical (unpaired) electrons. The van der Waals surface area contributed by atoms with Gasteiger partial charge in [-0.2, -0.15) is 4.31 Å². The smallest absolute Gasteiger partial charge is 0.329 e. The van der Waals surface area contributed by atoms with E-state index in [9.17, 15) is 13.2 Å². The molecule has 0 aromatic rings. The fraction of sp³-hybridized carbons (Fsp3) is 0.889. The molecule has 94 valence electrons. The van der Waals surface area contributed by atoms with Crippen molar-refractivity contribution < 1.29 is 23.1 Å². The van der Waals surface area contributed by atoms with Gasteiger partial charge in [-0.15, -0.1) is 0 Å². The van der Waals surface area contributed by atoms with Crippen molar-refractivity contribution in [2.45, 2.75) is 25.9 Å². The number of rotatable bonds is 6. The van der Waals surface area contributed by atoms with Crippen LogP contribution < -0.4 is 0 Å². The van der Waals surface area contributed by atoms with Crippen LogP contribution in [0.25, 0.3) is 0 Å². The van der Waals surface area contributed by atoms with Gasteiger partial charge in [0.05, 0.1) is 11.4 Å². The lowest BCUT2D eigenvalue weighted by Crippen LogP contribution is -2.63. The first-order valence-corrected chi connectivity index (χ1v) is 6.73. The molecule has 1 aliphatic heterocycles. The third-order valence-corrected chi connectivity index (χ3v) is 4.39. The molecule has 0 aliphatic carbocycles. The lowest BCUT2D eigenvalue weighted by Gasteiger charge is -2.46. The highest BCUT2D eigenvalue weighted by atomic mass is 32.2. The summed E-state index contributed by atoms with van der Waals surface area (Å²) in [5, 5.41) is 8.45. The fourth-order valence-electron chi connectivity index (χ4n) is 1.61. The Bertz CT molecular complexity index is 358. The van der Waals surface area contributed by atoms with Crippen molar-refractivity contribution >= 4 is 16.0 Å². The zero-order valence-corrected chi connectivity index (χ0v) is 10.3. The Labute approximate surface area is 95.2 Å². The van der Waals surface area contributed by atoms with Crippen molar-refractivity contribution in [1.29, 1.82) is 0 Å². The van der Waals surface area contributed by atoms with Crippen molar-refractivity contribution in [3.05, 3.63) is 0 Å². The first-order chi connectivity index (χ1) is 7.29. The van der Waals surface area contributed by atoms with Crippen LogP contribution in [-0.2, 0) is 19.6 Å². The van der Waals surface area contributed by atoms with Gasteiger partial charge in [0, 0.05) is 13.1 Å². The number of sulfonamides is 1. The Hall–Kier alpha value is -0.660. The average molecular weight is 251 g/mol. The lowest BCUT2D eigenvalue weighted by molar-refractivity contribution is -0.157. The molecular weight excluding hydrogens is 234 g/mol. The summed E-state index contributed by atoms with van der Waals surface area (Å²) >= 11 is 0. The standard InChI is InChI=1S/C9H17NO5S/c1-3-4-16(13,14)10-6-9(2,7-10)15-5-8(11)12/h3-7H2,1-2H3,(H,11,12). The highest BCUT2D eigenvalue weighted by Crippen LogP contribution is 2.27. The van der Waals surface area contributed by atoms with Crippen LogP contribution in [0.1, 0.15) is 20.3 Å². The Balaban J connectivity index is 2.44. The molecule has 0 bridgehead atoms. The maximum absolute atomic E-state index is 11.6. The van der Waals surface area contributed by atoms with Crippen molar-refractivity contribution in [2.24, 2.45) is 0 Å². The van der Waals surface area contributed by atoms with E-state index in [0.29, 0.717) is 6.42 Å². The first-order valence-electron chi connectivity index (χ1n) is 5.13. The molecule has 16 heavy (non-hydrogen) atoms. The number of hydrogen-bond acceptors (Lipinski definition) is 4. The predicted octanol–water partition coefficient (Wildman–Crippen LogP) is -0.0983. The topological polar surface area (TPSA) is 83.9 Å². The summed E-state index contributed by atoms with van der Waals surface area (Å²) in [6.07, 6.45) is 0.575. The number of carboxylic acid groups (broad SMARTS) is 1. The van der Waals surface area contributed by atoms with Crippen molar-refractivity contribution in [1.82, 2.24) is 4.31 Å². The molecule has 1 aliphatic rings. The predicted molar refractivity (Wildman–Crippen MR) is 57.6 cm³/mol. The van der Waals surface area contributed by atoms with E-state index in [2.05, 4.69) is 0 Å². The van der Waals surface area contributed by atoms with Crippen LogP contribution in [0.2, 0.25) is 0 Å². The molecule has 0 amide bonds. The molecule has 6 nitrogen and oxygen atoms in total. The Morgan fingerprint density at radius 3 is 2.50 bits per heavy atom. The van der Waals surface area contributed by atoms with Crippen LogP contribution in [-0.4, -0.2) is 54.8 Å². The first kappa shape index (κ1) is 13.4. The number of hydrogen-bond donors (Lipinski definition) is 1. The molecule has 1 saturated heterocycles. The van der Waals surface area contributed by atoms with Gasteiger partial charge in [0.1, 0.15) is 6.61 Å². The van der Waals surface area contributed by atoms with Gasteiger partial charge in [-0.1, -0.05) is 6.92 Å². The van der Waals surface area contributed by atoms with Crippen LogP contribution in [0.3, 0.4) is 0 Å². The number of ether oxygens (including phenoxy) is 1. The van der Waals surface area contributed by atoms with Crippen LogP contribution in [0.4, 0.5) is 0 Å². The molecule has 0 spiro atoms. The third kappa shape index (κ3) is 3.16. The van der Waals surface area contributed by atoms with Crippen LogP contribution in [0.5, 0.6) is 0 Å². The lowest BCUT2D eigenvalue weighted by atomic mass is 10.0. The van der Waals surface area contributed by atoms with E-state index in [1.54, 1.807) is 13.8 Å². The van der Waals surface area contributed by atoms with Gasteiger partial charge in [-0.3, -0.25) is 0 Å². The molecule has 0 atom stereocenters. The monoisotopic (exact) mass is 251 g/mol. The second kappa shape index (κ2) is 4.68. The molecular formula is C9H17NO5S. The van der Waals surface area contributed by atoms with Gasteiger partial charge in [-0.25, -0.2) is 13.2 Å². The largest absolute Gasteiger partial charge is 0.480 e. The van der Waals surface area contributed by atoms with Gasteiger partial charge in [0.2, 0.25) is 10.0 Å². The van der Waals surface area contributed by atoms with Crippen LogP contribution >= 0.6 is 0 Å². The minimum atomic E-state index is -3.18.